The van der Waals surface area contributed by atoms with Gasteiger partial charge in [-0.2, -0.15) is 10.3 Å². The summed E-state index contributed by atoms with van der Waals surface area (Å²) in [6.07, 6.45) is 0. The van der Waals surface area contributed by atoms with E-state index in [0.29, 0.717) is 12.1 Å². The second-order valence-electron chi connectivity index (χ2n) is 5.01. The maximum atomic E-state index is 5.62. The van der Waals surface area contributed by atoms with Crippen LogP contribution in [0.2, 0.25) is 0 Å². The van der Waals surface area contributed by atoms with E-state index in [0.717, 1.165) is 30.4 Å². The van der Waals surface area contributed by atoms with Gasteiger partial charge in [-0.25, -0.2) is 10.3 Å². The maximum absolute atomic E-state index is 5.62. The molecule has 2 aromatic rings. The topological polar surface area (TPSA) is 68.5 Å². The van der Waals surface area contributed by atoms with Crippen LogP contribution in [0.15, 0.2) is 28.7 Å². The van der Waals surface area contributed by atoms with Gasteiger partial charge in [0.05, 0.1) is 6.04 Å². The minimum Gasteiger partial charge on any atom is -0.412 e. The highest BCUT2D eigenvalue weighted by molar-refractivity contribution is 5.88. The Morgan fingerprint density at radius 3 is 2.95 bits per heavy atom. The molecular formula is C13H19N5O+2. The van der Waals surface area contributed by atoms with Crippen molar-refractivity contribution in [2.75, 3.05) is 18.7 Å². The van der Waals surface area contributed by atoms with Crippen molar-refractivity contribution in [3.63, 3.8) is 0 Å². The van der Waals surface area contributed by atoms with E-state index < -0.39 is 0 Å². The molecule has 1 aromatic carbocycles. The Labute approximate surface area is 111 Å². The molecule has 1 unspecified atom stereocenters. The van der Waals surface area contributed by atoms with E-state index in [1.165, 1.54) is 4.90 Å². The number of quaternary nitrogens is 1. The predicted molar refractivity (Wildman–Crippen MR) is 72.6 cm³/mol. The molecular weight excluding hydrogens is 242 g/mol. The van der Waals surface area contributed by atoms with Crippen LogP contribution in [0.4, 0.5) is 6.01 Å². The van der Waals surface area contributed by atoms with Crippen molar-refractivity contribution in [2.24, 2.45) is 0 Å². The second-order valence-corrected chi connectivity index (χ2v) is 5.01. The summed E-state index contributed by atoms with van der Waals surface area (Å²) in [5, 5.41) is 6.43. The van der Waals surface area contributed by atoms with Crippen LogP contribution in [0, 0.1) is 0 Å². The predicted octanol–water partition coefficient (Wildman–Crippen LogP) is -1.51. The van der Waals surface area contributed by atoms with Gasteiger partial charge < -0.3 is 4.42 Å². The van der Waals surface area contributed by atoms with E-state index in [-0.39, 0.29) is 0 Å². The van der Waals surface area contributed by atoms with Gasteiger partial charge in [-0.05, 0) is 26.0 Å². The molecule has 1 aliphatic rings. The summed E-state index contributed by atoms with van der Waals surface area (Å²) in [7, 11) is 0. The van der Waals surface area contributed by atoms with Crippen molar-refractivity contribution in [1.82, 2.24) is 10.3 Å². The standard InChI is InChI=1S/C13H17N5O/c1-9(2)18-7-14-12(15-8-18)17-13-16-10-5-3-4-6-11(10)19-13/h3-6,9H,7-8H2,1-2H3,(H2,14,15,16,17)/p+2. The van der Waals surface area contributed by atoms with Gasteiger partial charge in [-0.15, -0.1) is 0 Å². The van der Waals surface area contributed by atoms with Crippen molar-refractivity contribution in [3.05, 3.63) is 24.3 Å². The van der Waals surface area contributed by atoms with Gasteiger partial charge in [0.15, 0.2) is 18.9 Å². The molecule has 19 heavy (non-hydrogen) atoms. The first-order valence-corrected chi connectivity index (χ1v) is 6.54. The van der Waals surface area contributed by atoms with Gasteiger partial charge in [0.25, 0.3) is 0 Å². The van der Waals surface area contributed by atoms with E-state index in [9.17, 15) is 0 Å². The Hall–Kier alpha value is -2.08. The third kappa shape index (κ3) is 2.53. The first kappa shape index (κ1) is 12.0. The molecule has 1 atom stereocenters. The van der Waals surface area contributed by atoms with Crippen LogP contribution < -0.4 is 20.5 Å². The molecule has 0 amide bonds. The van der Waals surface area contributed by atoms with Gasteiger partial charge in [0.1, 0.15) is 5.52 Å². The Kier molecular flexibility index (Phi) is 3.08. The average Bonchev–Trinajstić information content (AvgIpc) is 2.81. The van der Waals surface area contributed by atoms with E-state index in [1.54, 1.807) is 0 Å². The second kappa shape index (κ2) is 4.89. The zero-order valence-corrected chi connectivity index (χ0v) is 11.2. The Balaban J connectivity index is 1.72. The van der Waals surface area contributed by atoms with Gasteiger partial charge in [-0.3, -0.25) is 4.90 Å². The number of hydrogen-bond acceptors (Lipinski definition) is 4. The summed E-state index contributed by atoms with van der Waals surface area (Å²) in [5.74, 6) is 0.843. The average molecular weight is 261 g/mol. The molecule has 1 aromatic heterocycles. The van der Waals surface area contributed by atoms with Crippen molar-refractivity contribution >= 4 is 23.1 Å². The normalized spacial score (nSPS) is 19.3. The number of nitrogens with zero attached hydrogens (tertiary/aromatic N) is 1. The molecule has 0 spiro atoms. The number of fused-ring (bicyclic) bond motifs is 1. The highest BCUT2D eigenvalue weighted by atomic mass is 16.4. The van der Waals surface area contributed by atoms with Gasteiger partial charge in [0, 0.05) is 0 Å². The molecule has 0 aliphatic carbocycles. The van der Waals surface area contributed by atoms with Crippen LogP contribution in [0.3, 0.4) is 0 Å². The zero-order valence-electron chi connectivity index (χ0n) is 11.2. The Morgan fingerprint density at radius 1 is 1.42 bits per heavy atom. The lowest BCUT2D eigenvalue weighted by Crippen LogP contribution is -3.26. The lowest BCUT2D eigenvalue weighted by molar-refractivity contribution is -0.997. The molecule has 0 saturated carbocycles. The van der Waals surface area contributed by atoms with E-state index in [4.69, 9.17) is 4.42 Å². The van der Waals surface area contributed by atoms with Crippen LogP contribution in [0.5, 0.6) is 0 Å². The number of rotatable bonds is 2. The summed E-state index contributed by atoms with van der Waals surface area (Å²) in [6, 6.07) is 8.81. The van der Waals surface area contributed by atoms with E-state index >= 15 is 0 Å². The van der Waals surface area contributed by atoms with Crippen molar-refractivity contribution in [2.45, 2.75) is 19.9 Å². The third-order valence-electron chi connectivity index (χ3n) is 3.33. The highest BCUT2D eigenvalue weighted by Gasteiger charge is 2.23. The maximum Gasteiger partial charge on any atom is 0.365 e. The number of hydrogen-bond donors (Lipinski definition) is 4. The fraction of sp³-hybridized carbons (Fsp3) is 0.385. The lowest BCUT2D eigenvalue weighted by Gasteiger charge is -2.23. The number of para-hydroxylation sites is 2. The summed E-state index contributed by atoms with van der Waals surface area (Å²) < 4.78 is 5.62. The Bertz CT molecular complexity index is 571. The van der Waals surface area contributed by atoms with Crippen molar-refractivity contribution in [3.8, 4) is 0 Å². The van der Waals surface area contributed by atoms with Crippen molar-refractivity contribution < 1.29 is 14.3 Å². The molecule has 3 rings (SSSR count). The minimum absolute atomic E-state index is 0.504. The SMILES string of the molecule is CC(C)[NH+]1CNC(Nc2nc3ccccc3o2)=[NH+]C1. The Morgan fingerprint density at radius 2 is 2.26 bits per heavy atom. The molecule has 2 heterocycles. The summed E-state index contributed by atoms with van der Waals surface area (Å²) in [5.41, 5.74) is 1.65. The molecule has 4 N–H and O–H groups in total. The fourth-order valence-corrected chi connectivity index (χ4v) is 2.06. The number of oxazole rings is 1. The number of anilines is 1. The molecule has 100 valence electrons. The number of benzene rings is 1. The lowest BCUT2D eigenvalue weighted by atomic mass is 10.3. The summed E-state index contributed by atoms with van der Waals surface area (Å²) >= 11 is 0. The van der Waals surface area contributed by atoms with Crippen LogP contribution in [0.25, 0.3) is 11.1 Å². The number of nitrogens with one attached hydrogen (secondary N) is 4. The van der Waals surface area contributed by atoms with Crippen LogP contribution in [-0.4, -0.2) is 30.3 Å². The number of guanidine groups is 1. The quantitative estimate of drug-likeness (QED) is 0.530. The monoisotopic (exact) mass is 261 g/mol. The molecule has 0 bridgehead atoms. The largest absolute Gasteiger partial charge is 0.412 e. The summed E-state index contributed by atoms with van der Waals surface area (Å²) in [6.45, 7) is 6.18. The van der Waals surface area contributed by atoms with Crippen LogP contribution in [-0.2, 0) is 0 Å². The summed E-state index contributed by atoms with van der Waals surface area (Å²) in [4.78, 5) is 9.14. The zero-order chi connectivity index (χ0) is 13.2. The fourth-order valence-electron chi connectivity index (χ4n) is 2.06. The highest BCUT2D eigenvalue weighted by Crippen LogP contribution is 2.17. The van der Waals surface area contributed by atoms with Crippen molar-refractivity contribution in [1.29, 1.82) is 0 Å². The van der Waals surface area contributed by atoms with Crippen LogP contribution in [0.1, 0.15) is 13.8 Å². The third-order valence-corrected chi connectivity index (χ3v) is 3.33. The minimum atomic E-state index is 0.504. The molecule has 1 aliphatic heterocycles. The van der Waals surface area contributed by atoms with Gasteiger partial charge >= 0.3 is 12.0 Å². The molecule has 0 fully saturated rings. The van der Waals surface area contributed by atoms with Gasteiger partial charge in [-0.1, -0.05) is 12.1 Å². The molecule has 0 radical (unpaired) electrons. The van der Waals surface area contributed by atoms with E-state index in [1.807, 2.05) is 24.3 Å². The smallest absolute Gasteiger partial charge is 0.365 e. The first-order valence-electron chi connectivity index (χ1n) is 6.54. The molecule has 6 nitrogen and oxygen atoms in total. The first-order chi connectivity index (χ1) is 9.22. The number of aromatic nitrogens is 1. The molecule has 0 saturated heterocycles. The van der Waals surface area contributed by atoms with Gasteiger partial charge in [0.2, 0.25) is 0 Å². The van der Waals surface area contributed by atoms with E-state index in [2.05, 4.69) is 34.5 Å². The van der Waals surface area contributed by atoms with Crippen LogP contribution >= 0.6 is 0 Å². The molecule has 6 heteroatoms.